The number of hydrogen-bond acceptors (Lipinski definition) is 3. The van der Waals surface area contributed by atoms with E-state index in [4.69, 9.17) is 5.26 Å². The molecular weight excluding hydrogens is 168 g/mol. The Morgan fingerprint density at radius 3 is 2.83 bits per heavy atom. The van der Waals surface area contributed by atoms with Gasteiger partial charge in [-0.1, -0.05) is 6.08 Å². The lowest BCUT2D eigenvalue weighted by Crippen LogP contribution is -2.32. The molecule has 1 fully saturated rings. The second-order valence-electron chi connectivity index (χ2n) is 2.91. The summed E-state index contributed by atoms with van der Waals surface area (Å²) in [6.45, 7) is 5.14. The molecule has 3 heteroatoms. The zero-order valence-electron chi connectivity index (χ0n) is 7.42. The van der Waals surface area contributed by atoms with Crippen LogP contribution in [0, 0.1) is 11.3 Å². The predicted octanol–water partition coefficient (Wildman–Crippen LogP) is 1.51. The van der Waals surface area contributed by atoms with Gasteiger partial charge in [0.15, 0.2) is 0 Å². The minimum atomic E-state index is 0.827. The van der Waals surface area contributed by atoms with Crippen molar-refractivity contribution >= 4 is 11.8 Å². The molecule has 12 heavy (non-hydrogen) atoms. The molecule has 0 bridgehead atoms. The van der Waals surface area contributed by atoms with Gasteiger partial charge in [-0.05, 0) is 6.92 Å². The van der Waals surface area contributed by atoms with E-state index < -0.39 is 0 Å². The van der Waals surface area contributed by atoms with Crippen molar-refractivity contribution in [1.82, 2.24) is 4.90 Å². The van der Waals surface area contributed by atoms with Gasteiger partial charge in [-0.15, -0.1) is 0 Å². The Bertz CT molecular complexity index is 199. The standard InChI is InChI=1S/C9H14N2S/c1-9(8-10)2-3-11-4-6-12-7-5-11/h2H,3-7H2,1H3/b9-2-. The summed E-state index contributed by atoms with van der Waals surface area (Å²) in [6.07, 6.45) is 2.01. The molecule has 0 spiro atoms. The Labute approximate surface area is 78.2 Å². The summed E-state index contributed by atoms with van der Waals surface area (Å²) in [6, 6.07) is 2.13. The molecule has 0 unspecified atom stereocenters. The van der Waals surface area contributed by atoms with Crippen LogP contribution in [0.2, 0.25) is 0 Å². The molecule has 1 aliphatic heterocycles. The molecule has 0 aromatic rings. The van der Waals surface area contributed by atoms with Crippen LogP contribution in [-0.2, 0) is 0 Å². The average molecular weight is 182 g/mol. The lowest BCUT2D eigenvalue weighted by Gasteiger charge is -2.24. The normalized spacial score (nSPS) is 20.5. The first kappa shape index (κ1) is 9.63. The van der Waals surface area contributed by atoms with Crippen molar-refractivity contribution in [2.75, 3.05) is 31.1 Å². The summed E-state index contributed by atoms with van der Waals surface area (Å²) >= 11 is 2.01. The van der Waals surface area contributed by atoms with Gasteiger partial charge in [0.1, 0.15) is 0 Å². The van der Waals surface area contributed by atoms with Crippen molar-refractivity contribution in [3.8, 4) is 6.07 Å². The van der Waals surface area contributed by atoms with Crippen molar-refractivity contribution < 1.29 is 0 Å². The third-order valence-corrected chi connectivity index (χ3v) is 2.88. The number of allylic oxidation sites excluding steroid dienone is 1. The fourth-order valence-electron chi connectivity index (χ4n) is 1.10. The van der Waals surface area contributed by atoms with E-state index in [0.29, 0.717) is 0 Å². The van der Waals surface area contributed by atoms with E-state index in [1.54, 1.807) is 0 Å². The Balaban J connectivity index is 2.26. The third-order valence-electron chi connectivity index (χ3n) is 1.94. The Morgan fingerprint density at radius 1 is 1.58 bits per heavy atom. The van der Waals surface area contributed by atoms with E-state index >= 15 is 0 Å². The second kappa shape index (κ2) is 5.23. The summed E-state index contributed by atoms with van der Waals surface area (Å²) in [4.78, 5) is 2.39. The maximum Gasteiger partial charge on any atom is 0.0941 e. The maximum atomic E-state index is 8.52. The molecule has 0 aromatic carbocycles. The molecule has 66 valence electrons. The zero-order chi connectivity index (χ0) is 8.81. The van der Waals surface area contributed by atoms with Gasteiger partial charge in [-0.3, -0.25) is 4.90 Å². The fraction of sp³-hybridized carbons (Fsp3) is 0.667. The summed E-state index contributed by atoms with van der Waals surface area (Å²) in [5.41, 5.74) is 0.827. The summed E-state index contributed by atoms with van der Waals surface area (Å²) in [5.74, 6) is 2.47. The van der Waals surface area contributed by atoms with E-state index in [2.05, 4.69) is 11.0 Å². The molecule has 0 amide bonds. The van der Waals surface area contributed by atoms with Gasteiger partial charge >= 0.3 is 0 Å². The van der Waals surface area contributed by atoms with E-state index in [9.17, 15) is 0 Å². The fourth-order valence-corrected chi connectivity index (χ4v) is 2.07. The molecule has 2 nitrogen and oxygen atoms in total. The quantitative estimate of drug-likeness (QED) is 0.606. The molecule has 0 saturated carbocycles. The van der Waals surface area contributed by atoms with Crippen LogP contribution in [0.1, 0.15) is 6.92 Å². The first-order chi connectivity index (χ1) is 5.83. The van der Waals surface area contributed by atoms with Crippen LogP contribution < -0.4 is 0 Å². The van der Waals surface area contributed by atoms with Crippen molar-refractivity contribution in [3.63, 3.8) is 0 Å². The summed E-state index contributed by atoms with van der Waals surface area (Å²) in [5, 5.41) is 8.52. The van der Waals surface area contributed by atoms with Gasteiger partial charge in [0.25, 0.3) is 0 Å². The molecule has 0 aromatic heterocycles. The number of nitrogens with zero attached hydrogens (tertiary/aromatic N) is 2. The van der Waals surface area contributed by atoms with Crippen molar-refractivity contribution in [2.24, 2.45) is 0 Å². The van der Waals surface area contributed by atoms with Gasteiger partial charge < -0.3 is 0 Å². The number of rotatable bonds is 2. The van der Waals surface area contributed by atoms with Gasteiger partial charge in [0.2, 0.25) is 0 Å². The highest BCUT2D eigenvalue weighted by Crippen LogP contribution is 2.08. The van der Waals surface area contributed by atoms with Crippen molar-refractivity contribution in [1.29, 1.82) is 5.26 Å². The van der Waals surface area contributed by atoms with Crippen molar-refractivity contribution in [3.05, 3.63) is 11.6 Å². The maximum absolute atomic E-state index is 8.52. The SMILES string of the molecule is C/C(C#N)=C/CN1CCSCC1. The molecule has 0 radical (unpaired) electrons. The third kappa shape index (κ3) is 3.29. The van der Waals surface area contributed by atoms with Crippen LogP contribution in [0.5, 0.6) is 0 Å². The highest BCUT2D eigenvalue weighted by atomic mass is 32.2. The van der Waals surface area contributed by atoms with Gasteiger partial charge in [-0.2, -0.15) is 17.0 Å². The molecule has 0 atom stereocenters. The minimum Gasteiger partial charge on any atom is -0.298 e. The molecule has 1 heterocycles. The van der Waals surface area contributed by atoms with Crippen LogP contribution in [-0.4, -0.2) is 36.0 Å². The van der Waals surface area contributed by atoms with E-state index in [1.807, 2.05) is 24.8 Å². The molecule has 0 aliphatic carbocycles. The Kier molecular flexibility index (Phi) is 4.20. The van der Waals surface area contributed by atoms with Gasteiger partial charge in [0.05, 0.1) is 6.07 Å². The second-order valence-corrected chi connectivity index (χ2v) is 4.14. The lowest BCUT2D eigenvalue weighted by atomic mass is 10.3. The highest BCUT2D eigenvalue weighted by Gasteiger charge is 2.07. The number of hydrogen-bond donors (Lipinski definition) is 0. The van der Waals surface area contributed by atoms with Crippen LogP contribution in [0.3, 0.4) is 0 Å². The van der Waals surface area contributed by atoms with E-state index in [1.165, 1.54) is 24.6 Å². The predicted molar refractivity (Wildman–Crippen MR) is 53.1 cm³/mol. The lowest BCUT2D eigenvalue weighted by molar-refractivity contribution is 0.335. The van der Waals surface area contributed by atoms with Crippen LogP contribution >= 0.6 is 11.8 Å². The first-order valence-corrected chi connectivity index (χ1v) is 5.35. The smallest absolute Gasteiger partial charge is 0.0941 e. The van der Waals surface area contributed by atoms with Crippen LogP contribution in [0.25, 0.3) is 0 Å². The summed E-state index contributed by atoms with van der Waals surface area (Å²) < 4.78 is 0. The topological polar surface area (TPSA) is 27.0 Å². The molecule has 1 rings (SSSR count). The first-order valence-electron chi connectivity index (χ1n) is 4.20. The number of thioether (sulfide) groups is 1. The molecule has 1 aliphatic rings. The Hall–Kier alpha value is -0.460. The van der Waals surface area contributed by atoms with E-state index in [0.717, 1.165) is 12.1 Å². The molecular formula is C9H14N2S. The van der Waals surface area contributed by atoms with E-state index in [-0.39, 0.29) is 0 Å². The molecule has 1 saturated heterocycles. The monoisotopic (exact) mass is 182 g/mol. The largest absolute Gasteiger partial charge is 0.298 e. The van der Waals surface area contributed by atoms with Crippen molar-refractivity contribution in [2.45, 2.75) is 6.92 Å². The highest BCUT2D eigenvalue weighted by molar-refractivity contribution is 7.99. The average Bonchev–Trinajstić information content (AvgIpc) is 2.16. The minimum absolute atomic E-state index is 0.827. The Morgan fingerprint density at radius 2 is 2.25 bits per heavy atom. The van der Waals surface area contributed by atoms with Gasteiger partial charge in [0, 0.05) is 36.7 Å². The zero-order valence-corrected chi connectivity index (χ0v) is 8.23. The van der Waals surface area contributed by atoms with Gasteiger partial charge in [-0.25, -0.2) is 0 Å². The van der Waals surface area contributed by atoms with Crippen LogP contribution in [0.4, 0.5) is 0 Å². The van der Waals surface area contributed by atoms with Crippen LogP contribution in [0.15, 0.2) is 11.6 Å². The number of nitriles is 1. The summed E-state index contributed by atoms with van der Waals surface area (Å²) in [7, 11) is 0. The molecule has 0 N–H and O–H groups in total.